The average Bonchev–Trinajstić information content (AvgIpc) is 3.34. The summed E-state index contributed by atoms with van der Waals surface area (Å²) in [5.41, 5.74) is 3.60. The Morgan fingerprint density at radius 3 is 2.39 bits per heavy atom. The molecular weight excluding hydrogens is 482 g/mol. The van der Waals surface area contributed by atoms with Crippen molar-refractivity contribution in [3.05, 3.63) is 119 Å². The molecule has 2 atom stereocenters. The molecule has 0 spiro atoms. The Bertz CT molecular complexity index is 1540. The van der Waals surface area contributed by atoms with Gasteiger partial charge in [-0.05, 0) is 89.2 Å². The van der Waals surface area contributed by atoms with Crippen LogP contribution in [0.3, 0.4) is 0 Å². The topological polar surface area (TPSA) is 41.9 Å². The number of hydrogen-bond donors (Lipinski definition) is 0. The fourth-order valence-corrected chi connectivity index (χ4v) is 5.43. The normalized spacial score (nSPS) is 19.9. The second-order valence-corrected chi connectivity index (χ2v) is 9.74. The first-order chi connectivity index (χ1) is 18.5. The van der Waals surface area contributed by atoms with Gasteiger partial charge in [-0.2, -0.15) is 5.10 Å². The third-order valence-corrected chi connectivity index (χ3v) is 7.26. The molecule has 6 heteroatoms. The van der Waals surface area contributed by atoms with Crippen LogP contribution in [0, 0.1) is 17.6 Å². The van der Waals surface area contributed by atoms with Gasteiger partial charge in [-0.25, -0.2) is 13.8 Å². The molecule has 0 saturated heterocycles. The van der Waals surface area contributed by atoms with Crippen LogP contribution in [0.5, 0.6) is 5.75 Å². The zero-order valence-corrected chi connectivity index (χ0v) is 20.7. The smallest absolute Gasteiger partial charge is 0.281 e. The molecule has 6 rings (SSSR count). The Morgan fingerprint density at radius 1 is 0.921 bits per heavy atom. The maximum atomic E-state index is 13.7. The lowest BCUT2D eigenvalue weighted by atomic mass is 9.77. The Kier molecular flexibility index (Phi) is 6.46. The molecule has 4 aromatic rings. The Balaban J connectivity index is 1.30. The molecule has 190 valence electrons. The van der Waals surface area contributed by atoms with Crippen molar-refractivity contribution in [1.82, 2.24) is 5.01 Å². The highest BCUT2D eigenvalue weighted by Crippen LogP contribution is 2.44. The Hall–Kier alpha value is -4.32. The number of benzene rings is 4. The van der Waals surface area contributed by atoms with Crippen LogP contribution < -0.4 is 4.74 Å². The third-order valence-electron chi connectivity index (χ3n) is 7.26. The van der Waals surface area contributed by atoms with Crippen LogP contribution in [-0.2, 0) is 4.79 Å². The van der Waals surface area contributed by atoms with Gasteiger partial charge >= 0.3 is 0 Å². The summed E-state index contributed by atoms with van der Waals surface area (Å²) in [7, 11) is 0. The zero-order valence-electron chi connectivity index (χ0n) is 20.7. The summed E-state index contributed by atoms with van der Waals surface area (Å²) < 4.78 is 33.1. The standard InChI is InChI=1S/C32H26F2N2O2/c33-26-13-8-21(9-14-26)18-25-6-3-7-29-31(25)35-36(32(29)23-10-15-27(34)16-11-23)30(37)20-38-28-17-12-22-4-1-2-5-24(22)19-28/h1-2,4-5,8-19,29,32H,3,6-7,20H2. The van der Waals surface area contributed by atoms with Crippen molar-refractivity contribution >= 4 is 28.5 Å². The van der Waals surface area contributed by atoms with Crippen LogP contribution in [0.15, 0.2) is 102 Å². The lowest BCUT2D eigenvalue weighted by Crippen LogP contribution is -2.34. The maximum absolute atomic E-state index is 13.7. The van der Waals surface area contributed by atoms with E-state index >= 15 is 0 Å². The van der Waals surface area contributed by atoms with Gasteiger partial charge in [0, 0.05) is 5.92 Å². The first-order valence-electron chi connectivity index (χ1n) is 12.8. The first-order valence-corrected chi connectivity index (χ1v) is 12.8. The van der Waals surface area contributed by atoms with Gasteiger partial charge in [0.25, 0.3) is 5.91 Å². The maximum Gasteiger partial charge on any atom is 0.281 e. The monoisotopic (exact) mass is 508 g/mol. The summed E-state index contributed by atoms with van der Waals surface area (Å²) in [4.78, 5) is 13.5. The van der Waals surface area contributed by atoms with Crippen LogP contribution in [0.25, 0.3) is 16.8 Å². The van der Waals surface area contributed by atoms with Crippen LogP contribution >= 0.6 is 0 Å². The highest BCUT2D eigenvalue weighted by molar-refractivity contribution is 6.08. The molecule has 1 aliphatic carbocycles. The van der Waals surface area contributed by atoms with Gasteiger partial charge in [-0.3, -0.25) is 4.79 Å². The number of amides is 1. The Morgan fingerprint density at radius 2 is 1.63 bits per heavy atom. The van der Waals surface area contributed by atoms with Crippen molar-refractivity contribution < 1.29 is 18.3 Å². The molecule has 0 bridgehead atoms. The summed E-state index contributed by atoms with van der Waals surface area (Å²) in [5, 5.41) is 8.47. The van der Waals surface area contributed by atoms with Crippen molar-refractivity contribution in [2.24, 2.45) is 11.0 Å². The van der Waals surface area contributed by atoms with E-state index in [0.717, 1.165) is 52.4 Å². The van der Waals surface area contributed by atoms with E-state index in [9.17, 15) is 13.6 Å². The number of hydrogen-bond acceptors (Lipinski definition) is 3. The van der Waals surface area contributed by atoms with Crippen LogP contribution in [0.2, 0.25) is 0 Å². The van der Waals surface area contributed by atoms with Crippen LogP contribution in [-0.4, -0.2) is 23.2 Å². The van der Waals surface area contributed by atoms with E-state index in [1.54, 1.807) is 24.3 Å². The number of rotatable bonds is 5. The number of halogens is 2. The molecule has 1 fully saturated rings. The molecule has 0 radical (unpaired) electrons. The molecule has 0 N–H and O–H groups in total. The predicted molar refractivity (Wildman–Crippen MR) is 145 cm³/mol. The minimum Gasteiger partial charge on any atom is -0.484 e. The number of fused-ring (bicyclic) bond motifs is 2. The number of ether oxygens (including phenoxy) is 1. The lowest BCUT2D eigenvalue weighted by molar-refractivity contribution is -0.135. The van der Waals surface area contributed by atoms with Crippen molar-refractivity contribution in [3.8, 4) is 5.75 Å². The van der Waals surface area contributed by atoms with Crippen molar-refractivity contribution in [3.63, 3.8) is 0 Å². The van der Waals surface area contributed by atoms with E-state index in [-0.39, 0.29) is 36.1 Å². The van der Waals surface area contributed by atoms with Crippen molar-refractivity contribution in [2.45, 2.75) is 25.3 Å². The van der Waals surface area contributed by atoms with E-state index in [1.165, 1.54) is 29.3 Å². The van der Waals surface area contributed by atoms with Gasteiger partial charge in [0.05, 0.1) is 11.8 Å². The highest BCUT2D eigenvalue weighted by atomic mass is 19.1. The van der Waals surface area contributed by atoms with Crippen LogP contribution in [0.4, 0.5) is 8.78 Å². The first kappa shape index (κ1) is 24.0. The summed E-state index contributed by atoms with van der Waals surface area (Å²) in [5.74, 6) is -0.296. The van der Waals surface area contributed by atoms with E-state index in [1.807, 2.05) is 48.5 Å². The van der Waals surface area contributed by atoms with Crippen molar-refractivity contribution in [1.29, 1.82) is 0 Å². The summed E-state index contributed by atoms with van der Waals surface area (Å²) in [6.45, 7) is -0.170. The third kappa shape index (κ3) is 4.82. The molecule has 1 heterocycles. The number of allylic oxidation sites excluding steroid dienone is 1. The molecule has 0 aromatic heterocycles. The number of hydrazone groups is 1. The molecule has 1 aliphatic heterocycles. The van der Waals surface area contributed by atoms with Crippen LogP contribution in [0.1, 0.15) is 36.4 Å². The number of nitrogens with zero attached hydrogens (tertiary/aromatic N) is 2. The fourth-order valence-electron chi connectivity index (χ4n) is 5.43. The molecular formula is C32H26F2N2O2. The number of carbonyl (C=O) groups is 1. The van der Waals surface area contributed by atoms with Gasteiger partial charge in [-0.1, -0.05) is 54.6 Å². The molecule has 4 aromatic carbocycles. The predicted octanol–water partition coefficient (Wildman–Crippen LogP) is 7.32. The van der Waals surface area contributed by atoms with E-state index in [0.29, 0.717) is 5.75 Å². The van der Waals surface area contributed by atoms with Gasteiger partial charge in [0.2, 0.25) is 0 Å². The quantitative estimate of drug-likeness (QED) is 0.283. The second-order valence-electron chi connectivity index (χ2n) is 9.74. The van der Waals surface area contributed by atoms with E-state index in [2.05, 4.69) is 0 Å². The summed E-state index contributed by atoms with van der Waals surface area (Å²) >= 11 is 0. The van der Waals surface area contributed by atoms with Gasteiger partial charge in [-0.15, -0.1) is 0 Å². The summed E-state index contributed by atoms with van der Waals surface area (Å²) in [6, 6.07) is 26.0. The van der Waals surface area contributed by atoms with Gasteiger partial charge in [0.1, 0.15) is 17.4 Å². The minimum absolute atomic E-state index is 0.0227. The molecule has 2 aliphatic rings. The minimum atomic E-state index is -0.352. The fraction of sp³-hybridized carbons (Fsp3) is 0.188. The molecule has 1 amide bonds. The highest BCUT2D eigenvalue weighted by Gasteiger charge is 2.43. The summed E-state index contributed by atoms with van der Waals surface area (Å²) in [6.07, 6.45) is 4.63. The largest absolute Gasteiger partial charge is 0.484 e. The van der Waals surface area contributed by atoms with Crippen molar-refractivity contribution in [2.75, 3.05) is 6.61 Å². The average molecular weight is 509 g/mol. The van der Waals surface area contributed by atoms with E-state index in [4.69, 9.17) is 9.84 Å². The molecule has 1 saturated carbocycles. The molecule has 38 heavy (non-hydrogen) atoms. The van der Waals surface area contributed by atoms with Gasteiger partial charge < -0.3 is 4.74 Å². The Labute approximate surface area is 219 Å². The van der Waals surface area contributed by atoms with E-state index < -0.39 is 0 Å². The SMILES string of the molecule is O=C(COc1ccc2ccccc2c1)N1N=C2C(=Cc3ccc(F)cc3)CCCC2C1c1ccc(F)cc1. The molecule has 4 nitrogen and oxygen atoms in total. The van der Waals surface area contributed by atoms with Gasteiger partial charge in [0.15, 0.2) is 6.61 Å². The second kappa shape index (κ2) is 10.2. The zero-order chi connectivity index (χ0) is 26.1. The lowest BCUT2D eigenvalue weighted by Gasteiger charge is -2.29. The number of carbonyl (C=O) groups excluding carboxylic acids is 1. The molecule has 2 unspecified atom stereocenters.